The number of morpholine rings is 1. The molecule has 2 saturated heterocycles. The number of aromatic nitrogens is 4. The lowest BCUT2D eigenvalue weighted by Gasteiger charge is -2.35. The van der Waals surface area contributed by atoms with Crippen LogP contribution in [0.3, 0.4) is 0 Å². The highest BCUT2D eigenvalue weighted by Gasteiger charge is 2.32. The molecule has 1 aromatic carbocycles. The number of ether oxygens (including phenoxy) is 2. The molecule has 2 aromatic heterocycles. The molecule has 2 fully saturated rings. The molecule has 162 valence electrons. The number of hydrogen-bond acceptors (Lipinski definition) is 7. The Morgan fingerprint density at radius 3 is 2.71 bits per heavy atom. The number of aryl methyl sites for hydroxylation is 2. The molecular formula is C22H23ClFN5O2. The van der Waals surface area contributed by atoms with Gasteiger partial charge in [-0.05, 0) is 38.5 Å². The maximum Gasteiger partial charge on any atom is 0.228 e. The summed E-state index contributed by atoms with van der Waals surface area (Å²) >= 11 is 5.97. The third kappa shape index (κ3) is 3.95. The molecule has 9 heteroatoms. The number of hydrogen-bond donors (Lipinski definition) is 0. The Kier molecular flexibility index (Phi) is 5.45. The van der Waals surface area contributed by atoms with E-state index in [0.29, 0.717) is 65.6 Å². The fourth-order valence-corrected chi connectivity index (χ4v) is 4.26. The van der Waals surface area contributed by atoms with Crippen molar-refractivity contribution in [1.29, 1.82) is 0 Å². The van der Waals surface area contributed by atoms with E-state index in [2.05, 4.69) is 14.9 Å². The van der Waals surface area contributed by atoms with Crippen molar-refractivity contribution >= 4 is 28.7 Å². The van der Waals surface area contributed by atoms with Crippen molar-refractivity contribution in [2.75, 3.05) is 37.8 Å². The van der Waals surface area contributed by atoms with Crippen molar-refractivity contribution in [2.24, 2.45) is 5.92 Å². The number of fused-ring (bicyclic) bond motifs is 1. The lowest BCUT2D eigenvalue weighted by molar-refractivity contribution is -0.00167. The minimum Gasteiger partial charge on any atom is -0.381 e. The fraction of sp³-hybridized carbons (Fsp3) is 0.455. The second-order valence-electron chi connectivity index (χ2n) is 8.04. The van der Waals surface area contributed by atoms with Crippen LogP contribution in [-0.2, 0) is 9.47 Å². The predicted molar refractivity (Wildman–Crippen MR) is 116 cm³/mol. The molecule has 0 bridgehead atoms. The summed E-state index contributed by atoms with van der Waals surface area (Å²) in [7, 11) is 0. The first-order valence-electron chi connectivity index (χ1n) is 10.4. The average molecular weight is 444 g/mol. The first-order valence-corrected chi connectivity index (χ1v) is 10.8. The van der Waals surface area contributed by atoms with Gasteiger partial charge < -0.3 is 14.4 Å². The number of halogens is 2. The zero-order valence-electron chi connectivity index (χ0n) is 17.4. The highest BCUT2D eigenvalue weighted by Crippen LogP contribution is 2.31. The van der Waals surface area contributed by atoms with E-state index in [1.807, 2.05) is 13.8 Å². The summed E-state index contributed by atoms with van der Waals surface area (Å²) in [4.78, 5) is 20.8. The number of anilines is 1. The van der Waals surface area contributed by atoms with Crippen molar-refractivity contribution in [3.8, 4) is 11.3 Å². The van der Waals surface area contributed by atoms with Crippen LogP contribution < -0.4 is 4.90 Å². The van der Waals surface area contributed by atoms with Gasteiger partial charge in [0.05, 0.1) is 30.7 Å². The Bertz CT molecular complexity index is 1140. The molecule has 0 radical (unpaired) electrons. The van der Waals surface area contributed by atoms with Gasteiger partial charge in [-0.2, -0.15) is 4.98 Å². The standard InChI is InChI=1S/C22H23ClFN5O2/c1-12-13(2)26-21-20(25-12)19(16-4-3-15(23)9-17(16)24)27-22(28-21)29-6-8-31-18(10-29)14-5-7-30-11-14/h3-4,9,14,18H,5-8,10-11H2,1-2H3/t14-,18-/m0/s1. The molecule has 4 heterocycles. The summed E-state index contributed by atoms with van der Waals surface area (Å²) in [6, 6.07) is 4.55. The number of benzene rings is 1. The third-order valence-electron chi connectivity index (χ3n) is 5.98. The van der Waals surface area contributed by atoms with Gasteiger partial charge in [0.1, 0.15) is 17.0 Å². The minimum atomic E-state index is -0.457. The molecule has 0 aliphatic carbocycles. The first-order chi connectivity index (χ1) is 15.0. The van der Waals surface area contributed by atoms with Crippen LogP contribution in [0.5, 0.6) is 0 Å². The molecule has 0 unspecified atom stereocenters. The Balaban J connectivity index is 1.61. The maximum absolute atomic E-state index is 14.8. The van der Waals surface area contributed by atoms with Gasteiger partial charge in [0, 0.05) is 36.2 Å². The highest BCUT2D eigenvalue weighted by atomic mass is 35.5. The molecule has 0 N–H and O–H groups in total. The summed E-state index contributed by atoms with van der Waals surface area (Å²) in [5.74, 6) is 0.407. The van der Waals surface area contributed by atoms with Gasteiger partial charge in [0.2, 0.25) is 5.95 Å². The van der Waals surface area contributed by atoms with E-state index in [1.54, 1.807) is 12.1 Å². The average Bonchev–Trinajstić information content (AvgIpc) is 3.29. The molecule has 3 aromatic rings. The summed E-state index contributed by atoms with van der Waals surface area (Å²) in [5, 5.41) is 0.327. The largest absolute Gasteiger partial charge is 0.381 e. The van der Waals surface area contributed by atoms with Crippen molar-refractivity contribution in [2.45, 2.75) is 26.4 Å². The van der Waals surface area contributed by atoms with Crippen molar-refractivity contribution in [3.05, 3.63) is 40.4 Å². The smallest absolute Gasteiger partial charge is 0.228 e. The molecule has 7 nitrogen and oxygen atoms in total. The van der Waals surface area contributed by atoms with Crippen LogP contribution in [-0.4, -0.2) is 59.0 Å². The van der Waals surface area contributed by atoms with Crippen molar-refractivity contribution in [1.82, 2.24) is 19.9 Å². The molecule has 0 saturated carbocycles. The molecule has 0 amide bonds. The SMILES string of the molecule is Cc1nc2nc(N3CCO[C@H]([C@H]4CCOC4)C3)nc(-c3ccc(Cl)cc3F)c2nc1C. The molecular weight excluding hydrogens is 421 g/mol. The van der Waals surface area contributed by atoms with Crippen LogP contribution in [0.1, 0.15) is 17.8 Å². The Hall–Kier alpha value is -2.42. The van der Waals surface area contributed by atoms with E-state index in [1.165, 1.54) is 6.07 Å². The third-order valence-corrected chi connectivity index (χ3v) is 6.22. The molecule has 31 heavy (non-hydrogen) atoms. The first kappa shape index (κ1) is 20.5. The molecule has 2 aliphatic rings. The maximum atomic E-state index is 14.8. The summed E-state index contributed by atoms with van der Waals surface area (Å²) in [5.41, 5.74) is 3.20. The summed E-state index contributed by atoms with van der Waals surface area (Å²) in [6.07, 6.45) is 1.04. The van der Waals surface area contributed by atoms with Crippen LogP contribution in [0.15, 0.2) is 18.2 Å². The van der Waals surface area contributed by atoms with Gasteiger partial charge in [-0.1, -0.05) is 11.6 Å². The van der Waals surface area contributed by atoms with Crippen LogP contribution >= 0.6 is 11.6 Å². The monoisotopic (exact) mass is 443 g/mol. The van der Waals surface area contributed by atoms with Gasteiger partial charge >= 0.3 is 0 Å². The Morgan fingerprint density at radius 2 is 1.94 bits per heavy atom. The lowest BCUT2D eigenvalue weighted by atomic mass is 10.0. The Morgan fingerprint density at radius 1 is 1.10 bits per heavy atom. The molecule has 5 rings (SSSR count). The fourth-order valence-electron chi connectivity index (χ4n) is 4.10. The van der Waals surface area contributed by atoms with E-state index in [-0.39, 0.29) is 6.10 Å². The van der Waals surface area contributed by atoms with Crippen LogP contribution in [0.4, 0.5) is 10.3 Å². The van der Waals surface area contributed by atoms with Crippen molar-refractivity contribution < 1.29 is 13.9 Å². The van der Waals surface area contributed by atoms with E-state index in [0.717, 1.165) is 24.4 Å². The molecule has 0 spiro atoms. The molecule has 2 atom stereocenters. The minimum absolute atomic E-state index is 0.0529. The molecule has 2 aliphatic heterocycles. The predicted octanol–water partition coefficient (Wildman–Crippen LogP) is 3.74. The number of nitrogens with zero attached hydrogens (tertiary/aromatic N) is 5. The van der Waals surface area contributed by atoms with E-state index in [4.69, 9.17) is 31.0 Å². The van der Waals surface area contributed by atoms with E-state index < -0.39 is 5.82 Å². The zero-order valence-corrected chi connectivity index (χ0v) is 18.2. The highest BCUT2D eigenvalue weighted by molar-refractivity contribution is 6.30. The van der Waals surface area contributed by atoms with Crippen LogP contribution in [0.2, 0.25) is 5.02 Å². The lowest BCUT2D eigenvalue weighted by Crippen LogP contribution is -2.46. The van der Waals surface area contributed by atoms with E-state index >= 15 is 0 Å². The van der Waals surface area contributed by atoms with Gasteiger partial charge in [-0.15, -0.1) is 0 Å². The van der Waals surface area contributed by atoms with E-state index in [9.17, 15) is 4.39 Å². The number of rotatable bonds is 3. The van der Waals surface area contributed by atoms with Gasteiger partial charge in [-0.25, -0.2) is 19.3 Å². The second-order valence-corrected chi connectivity index (χ2v) is 8.48. The second kappa shape index (κ2) is 8.26. The zero-order chi connectivity index (χ0) is 21.5. The summed E-state index contributed by atoms with van der Waals surface area (Å²) in [6.45, 7) is 7.11. The summed E-state index contributed by atoms with van der Waals surface area (Å²) < 4.78 is 26.4. The topological polar surface area (TPSA) is 73.3 Å². The van der Waals surface area contributed by atoms with Gasteiger partial charge in [0.15, 0.2) is 5.65 Å². The van der Waals surface area contributed by atoms with Gasteiger partial charge in [0.25, 0.3) is 0 Å². The van der Waals surface area contributed by atoms with Gasteiger partial charge in [-0.3, -0.25) is 0 Å². The Labute approximate surface area is 184 Å². The van der Waals surface area contributed by atoms with Crippen LogP contribution in [0.25, 0.3) is 22.4 Å². The van der Waals surface area contributed by atoms with Crippen LogP contribution in [0, 0.1) is 25.6 Å². The van der Waals surface area contributed by atoms with Crippen molar-refractivity contribution in [3.63, 3.8) is 0 Å². The normalized spacial score (nSPS) is 21.7. The quantitative estimate of drug-likeness (QED) is 0.610.